The molecule has 0 bridgehead atoms. The van der Waals surface area contributed by atoms with Gasteiger partial charge in [-0.25, -0.2) is 9.97 Å². The maximum absolute atomic E-state index is 9.58. The van der Waals surface area contributed by atoms with E-state index >= 15 is 0 Å². The van der Waals surface area contributed by atoms with Crippen LogP contribution in [0, 0.1) is 11.3 Å². The van der Waals surface area contributed by atoms with Gasteiger partial charge < -0.3 is 4.90 Å². The second kappa shape index (κ2) is 7.11. The normalized spacial score (nSPS) is 19.3. The van der Waals surface area contributed by atoms with Gasteiger partial charge in [0.1, 0.15) is 16.9 Å². The van der Waals surface area contributed by atoms with Crippen molar-refractivity contribution in [3.8, 4) is 6.07 Å². The smallest absolute Gasteiger partial charge is 0.146 e. The summed E-state index contributed by atoms with van der Waals surface area (Å²) >= 11 is 1.72. The fourth-order valence-corrected chi connectivity index (χ4v) is 4.59. The van der Waals surface area contributed by atoms with E-state index in [0.29, 0.717) is 6.04 Å². The lowest BCUT2D eigenvalue weighted by atomic mass is 9.95. The Balaban J connectivity index is 1.50. The molecular formula is C19H23N5S. The second-order valence-electron chi connectivity index (χ2n) is 6.85. The lowest BCUT2D eigenvalue weighted by molar-refractivity contribution is 0.198. The highest BCUT2D eigenvalue weighted by Crippen LogP contribution is 2.29. The predicted octanol–water partition coefficient (Wildman–Crippen LogP) is 3.17. The van der Waals surface area contributed by atoms with Gasteiger partial charge in [-0.3, -0.25) is 4.90 Å². The molecule has 1 aliphatic carbocycles. The number of aryl methyl sites for hydroxylation is 2. The Hall–Kier alpha value is -1.97. The third-order valence-electron chi connectivity index (χ3n) is 5.37. The molecule has 2 aliphatic rings. The third-order valence-corrected chi connectivity index (χ3v) is 6.32. The van der Waals surface area contributed by atoms with Gasteiger partial charge in [-0.05, 0) is 44.2 Å². The molecule has 0 radical (unpaired) electrons. The van der Waals surface area contributed by atoms with Gasteiger partial charge in [0.15, 0.2) is 0 Å². The van der Waals surface area contributed by atoms with Crippen molar-refractivity contribution in [3.63, 3.8) is 0 Å². The molecular weight excluding hydrogens is 330 g/mol. The minimum atomic E-state index is 0.356. The molecule has 1 unspecified atom stereocenters. The summed E-state index contributed by atoms with van der Waals surface area (Å²) in [4.78, 5) is 14.1. The van der Waals surface area contributed by atoms with E-state index in [1.54, 1.807) is 11.3 Å². The molecule has 1 atom stereocenters. The number of hydrogen-bond donors (Lipinski definition) is 0. The van der Waals surface area contributed by atoms with Crippen LogP contribution in [0.1, 0.15) is 47.6 Å². The van der Waals surface area contributed by atoms with Crippen LogP contribution in [-0.4, -0.2) is 41.0 Å². The Morgan fingerprint density at radius 1 is 1.20 bits per heavy atom. The van der Waals surface area contributed by atoms with E-state index < -0.39 is 0 Å². The molecule has 0 aromatic carbocycles. The molecule has 0 amide bonds. The van der Waals surface area contributed by atoms with E-state index in [4.69, 9.17) is 4.98 Å². The fraction of sp³-hybridized carbons (Fsp3) is 0.526. The van der Waals surface area contributed by atoms with E-state index in [2.05, 4.69) is 33.8 Å². The Morgan fingerprint density at radius 2 is 2.00 bits per heavy atom. The Kier molecular flexibility index (Phi) is 4.69. The van der Waals surface area contributed by atoms with Crippen molar-refractivity contribution in [2.45, 2.75) is 38.6 Å². The molecule has 1 fully saturated rings. The molecule has 130 valence electrons. The highest BCUT2D eigenvalue weighted by Gasteiger charge is 2.26. The van der Waals surface area contributed by atoms with Crippen molar-refractivity contribution in [3.05, 3.63) is 39.5 Å². The zero-order chi connectivity index (χ0) is 17.2. The van der Waals surface area contributed by atoms with Gasteiger partial charge >= 0.3 is 0 Å². The van der Waals surface area contributed by atoms with Gasteiger partial charge in [0.25, 0.3) is 0 Å². The molecule has 3 heterocycles. The van der Waals surface area contributed by atoms with Gasteiger partial charge in [0.05, 0.1) is 11.6 Å². The maximum Gasteiger partial charge on any atom is 0.146 e. The van der Waals surface area contributed by atoms with Crippen molar-refractivity contribution in [2.75, 3.05) is 31.1 Å². The van der Waals surface area contributed by atoms with Crippen LogP contribution in [0.15, 0.2) is 17.6 Å². The summed E-state index contributed by atoms with van der Waals surface area (Å²) < 4.78 is 0. The molecule has 0 N–H and O–H groups in total. The van der Waals surface area contributed by atoms with Crippen molar-refractivity contribution in [2.24, 2.45) is 0 Å². The third kappa shape index (κ3) is 3.26. The standard InChI is InChI=1S/C19H23N5S/c1-14(19-21-6-11-25-19)23-7-9-24(10-8-23)18-16(13-20)12-15-4-2-3-5-17(15)22-18/h6,11-12,14H,2-5,7-10H2,1H3. The number of aromatic nitrogens is 2. The SMILES string of the molecule is CC(c1nccs1)N1CCN(c2nc3c(cc2C#N)CCCC3)CC1. The van der Waals surface area contributed by atoms with Gasteiger partial charge in [-0.1, -0.05) is 0 Å². The van der Waals surface area contributed by atoms with E-state index in [1.807, 2.05) is 11.6 Å². The topological polar surface area (TPSA) is 56.1 Å². The van der Waals surface area contributed by atoms with Crippen LogP contribution in [0.3, 0.4) is 0 Å². The Bertz CT molecular complexity index is 772. The van der Waals surface area contributed by atoms with Crippen LogP contribution in [0.4, 0.5) is 5.82 Å². The summed E-state index contributed by atoms with van der Waals surface area (Å²) in [6, 6.07) is 4.81. The summed E-state index contributed by atoms with van der Waals surface area (Å²) in [5.41, 5.74) is 3.23. The van der Waals surface area contributed by atoms with Crippen molar-refractivity contribution < 1.29 is 0 Å². The van der Waals surface area contributed by atoms with Crippen molar-refractivity contribution in [1.29, 1.82) is 5.26 Å². The second-order valence-corrected chi connectivity index (χ2v) is 7.78. The quantitative estimate of drug-likeness (QED) is 0.848. The molecule has 25 heavy (non-hydrogen) atoms. The van der Waals surface area contributed by atoms with Gasteiger partial charge in [-0.15, -0.1) is 11.3 Å². The average molecular weight is 353 g/mol. The lowest BCUT2D eigenvalue weighted by Gasteiger charge is -2.38. The zero-order valence-electron chi connectivity index (χ0n) is 14.6. The maximum atomic E-state index is 9.58. The monoisotopic (exact) mass is 353 g/mol. The first-order chi connectivity index (χ1) is 12.3. The predicted molar refractivity (Wildman–Crippen MR) is 99.9 cm³/mol. The van der Waals surface area contributed by atoms with E-state index in [0.717, 1.165) is 50.4 Å². The number of pyridine rings is 1. The summed E-state index contributed by atoms with van der Waals surface area (Å²) in [5.74, 6) is 0.893. The average Bonchev–Trinajstić information content (AvgIpc) is 3.21. The summed E-state index contributed by atoms with van der Waals surface area (Å²) in [7, 11) is 0. The molecule has 1 saturated heterocycles. The van der Waals surface area contributed by atoms with Gasteiger partial charge in [0.2, 0.25) is 0 Å². The van der Waals surface area contributed by atoms with Crippen LogP contribution in [-0.2, 0) is 12.8 Å². The molecule has 6 heteroatoms. The summed E-state index contributed by atoms with van der Waals surface area (Å²) in [6.07, 6.45) is 6.42. The number of anilines is 1. The minimum absolute atomic E-state index is 0.356. The summed E-state index contributed by atoms with van der Waals surface area (Å²) in [5, 5.41) is 12.8. The fourth-order valence-electron chi connectivity index (χ4n) is 3.86. The number of nitrogens with zero attached hydrogens (tertiary/aromatic N) is 5. The molecule has 0 saturated carbocycles. The first kappa shape index (κ1) is 16.5. The first-order valence-electron chi connectivity index (χ1n) is 9.07. The molecule has 4 rings (SSSR count). The number of thiazole rings is 1. The molecule has 0 spiro atoms. The highest BCUT2D eigenvalue weighted by atomic mass is 32.1. The van der Waals surface area contributed by atoms with Gasteiger partial charge in [0, 0.05) is 43.4 Å². The van der Waals surface area contributed by atoms with Crippen LogP contribution < -0.4 is 4.90 Å². The first-order valence-corrected chi connectivity index (χ1v) is 9.95. The number of hydrogen-bond acceptors (Lipinski definition) is 6. The van der Waals surface area contributed by atoms with Crippen LogP contribution in [0.5, 0.6) is 0 Å². The van der Waals surface area contributed by atoms with Crippen molar-refractivity contribution in [1.82, 2.24) is 14.9 Å². The highest BCUT2D eigenvalue weighted by molar-refractivity contribution is 7.09. The Labute approximate surface area is 152 Å². The number of rotatable bonds is 3. The number of fused-ring (bicyclic) bond motifs is 1. The molecule has 1 aliphatic heterocycles. The Morgan fingerprint density at radius 3 is 2.72 bits per heavy atom. The minimum Gasteiger partial charge on any atom is -0.353 e. The van der Waals surface area contributed by atoms with Crippen LogP contribution >= 0.6 is 11.3 Å². The van der Waals surface area contributed by atoms with E-state index in [9.17, 15) is 5.26 Å². The van der Waals surface area contributed by atoms with Crippen LogP contribution in [0.2, 0.25) is 0 Å². The summed E-state index contributed by atoms with van der Waals surface area (Å²) in [6.45, 7) is 6.01. The molecule has 2 aromatic heterocycles. The number of nitriles is 1. The molecule has 5 nitrogen and oxygen atoms in total. The van der Waals surface area contributed by atoms with Crippen molar-refractivity contribution >= 4 is 17.2 Å². The van der Waals surface area contributed by atoms with E-state index in [1.165, 1.54) is 29.1 Å². The molecule has 2 aromatic rings. The van der Waals surface area contributed by atoms with Gasteiger partial charge in [-0.2, -0.15) is 5.26 Å². The zero-order valence-corrected chi connectivity index (χ0v) is 15.4. The van der Waals surface area contributed by atoms with Crippen LogP contribution in [0.25, 0.3) is 0 Å². The lowest BCUT2D eigenvalue weighted by Crippen LogP contribution is -2.47. The number of piperazine rings is 1. The van der Waals surface area contributed by atoms with E-state index in [-0.39, 0.29) is 0 Å². The largest absolute Gasteiger partial charge is 0.353 e.